The van der Waals surface area contributed by atoms with Gasteiger partial charge in [0.1, 0.15) is 12.4 Å². The van der Waals surface area contributed by atoms with E-state index in [1.54, 1.807) is 0 Å². The first-order valence-corrected chi connectivity index (χ1v) is 4.23. The third-order valence-corrected chi connectivity index (χ3v) is 1.78. The Hall–Kier alpha value is -2.06. The third-order valence-electron chi connectivity index (χ3n) is 1.78. The first-order valence-electron chi connectivity index (χ1n) is 4.23. The average Bonchev–Trinajstić information content (AvgIpc) is 2.60. The van der Waals surface area contributed by atoms with Gasteiger partial charge >= 0.3 is 6.18 Å². The summed E-state index contributed by atoms with van der Waals surface area (Å²) >= 11 is 0. The number of aromatic nitrogens is 4. The van der Waals surface area contributed by atoms with E-state index < -0.39 is 12.7 Å². The highest BCUT2D eigenvalue weighted by molar-refractivity contribution is 5.86. The summed E-state index contributed by atoms with van der Waals surface area (Å²) in [6, 6.07) is 0. The first kappa shape index (κ1) is 10.5. The second-order valence-electron chi connectivity index (χ2n) is 3.03. The van der Waals surface area contributed by atoms with Gasteiger partial charge < -0.3 is 11.1 Å². The summed E-state index contributed by atoms with van der Waals surface area (Å²) in [7, 11) is 0. The number of alkyl halides is 3. The van der Waals surface area contributed by atoms with Crippen molar-refractivity contribution in [3.05, 3.63) is 6.20 Å². The molecule has 0 radical (unpaired) electrons. The Balaban J connectivity index is 2.32. The minimum Gasteiger partial charge on any atom is -0.368 e. The Morgan fingerprint density at radius 2 is 2.12 bits per heavy atom. The van der Waals surface area contributed by atoms with Crippen LogP contribution >= 0.6 is 0 Å². The molecule has 0 spiro atoms. The van der Waals surface area contributed by atoms with Crippen molar-refractivity contribution in [3.63, 3.8) is 0 Å². The Morgan fingerprint density at radius 3 is 2.81 bits per heavy atom. The van der Waals surface area contributed by atoms with E-state index in [1.807, 2.05) is 0 Å². The molecule has 0 aliphatic carbocycles. The van der Waals surface area contributed by atoms with Gasteiger partial charge in [-0.25, -0.2) is 0 Å². The summed E-state index contributed by atoms with van der Waals surface area (Å²) in [5.74, 6) is -0.116. The van der Waals surface area contributed by atoms with Crippen LogP contribution in [0.1, 0.15) is 0 Å². The van der Waals surface area contributed by atoms with Crippen LogP contribution in [0.3, 0.4) is 0 Å². The van der Waals surface area contributed by atoms with Gasteiger partial charge in [0, 0.05) is 0 Å². The van der Waals surface area contributed by atoms with E-state index in [0.29, 0.717) is 5.39 Å². The van der Waals surface area contributed by atoms with Crippen molar-refractivity contribution in [2.45, 2.75) is 6.18 Å². The number of hydrogen-bond donors (Lipinski definition) is 3. The zero-order valence-electron chi connectivity index (χ0n) is 7.84. The van der Waals surface area contributed by atoms with Crippen molar-refractivity contribution in [2.75, 3.05) is 17.6 Å². The van der Waals surface area contributed by atoms with Crippen LogP contribution < -0.4 is 11.1 Å². The Labute approximate surface area is 87.1 Å². The number of nitrogens with one attached hydrogen (secondary N) is 2. The van der Waals surface area contributed by atoms with Crippen LogP contribution in [-0.4, -0.2) is 32.9 Å². The fraction of sp³-hybridized carbons (Fsp3) is 0.286. The molecular weight excluding hydrogens is 225 g/mol. The van der Waals surface area contributed by atoms with Crippen molar-refractivity contribution in [1.29, 1.82) is 0 Å². The molecule has 0 saturated carbocycles. The van der Waals surface area contributed by atoms with Gasteiger partial charge in [0.15, 0.2) is 5.65 Å². The lowest BCUT2D eigenvalue weighted by Crippen LogP contribution is -2.22. The zero-order valence-corrected chi connectivity index (χ0v) is 7.84. The number of halogens is 3. The van der Waals surface area contributed by atoms with Gasteiger partial charge in [0.2, 0.25) is 5.95 Å². The molecule has 0 fully saturated rings. The standard InChI is InChI=1S/C7H7F3N6/c8-7(9,10)2-12-4-3-1-13-16-5(3)15-6(11)14-4/h1H,2H2,(H4,11,12,13,14,15,16). The number of H-pyrrole nitrogens is 1. The van der Waals surface area contributed by atoms with Crippen LogP contribution in [0.5, 0.6) is 0 Å². The van der Waals surface area contributed by atoms with E-state index in [4.69, 9.17) is 5.73 Å². The number of fused-ring (bicyclic) bond motifs is 1. The SMILES string of the molecule is Nc1nc(NCC(F)(F)F)c2cn[nH]c2n1. The maximum Gasteiger partial charge on any atom is 0.405 e. The smallest absolute Gasteiger partial charge is 0.368 e. The lowest BCUT2D eigenvalue weighted by atomic mass is 10.4. The number of aromatic amines is 1. The predicted octanol–water partition coefficient (Wildman–Crippen LogP) is 0.909. The number of hydrogen-bond acceptors (Lipinski definition) is 5. The fourth-order valence-electron chi connectivity index (χ4n) is 1.17. The molecule has 16 heavy (non-hydrogen) atoms. The van der Waals surface area contributed by atoms with Crippen LogP contribution in [0.4, 0.5) is 24.9 Å². The molecule has 2 aromatic rings. The summed E-state index contributed by atoms with van der Waals surface area (Å²) < 4.78 is 36.0. The summed E-state index contributed by atoms with van der Waals surface area (Å²) in [4.78, 5) is 7.44. The Kier molecular flexibility index (Phi) is 2.29. The molecule has 9 heteroatoms. The first-order chi connectivity index (χ1) is 7.46. The van der Waals surface area contributed by atoms with Crippen molar-refractivity contribution in [1.82, 2.24) is 20.2 Å². The number of anilines is 2. The summed E-state index contributed by atoms with van der Waals surface area (Å²) in [5.41, 5.74) is 5.62. The molecule has 0 bridgehead atoms. The largest absolute Gasteiger partial charge is 0.405 e. The normalized spacial score (nSPS) is 11.9. The van der Waals surface area contributed by atoms with Crippen LogP contribution in [0.15, 0.2) is 6.20 Å². The summed E-state index contributed by atoms with van der Waals surface area (Å²) in [6.45, 7) is -1.19. The van der Waals surface area contributed by atoms with Crippen molar-refractivity contribution in [2.24, 2.45) is 0 Å². The molecular formula is C7H7F3N6. The molecule has 2 heterocycles. The molecule has 4 N–H and O–H groups in total. The maximum absolute atomic E-state index is 12.0. The van der Waals surface area contributed by atoms with Crippen molar-refractivity contribution < 1.29 is 13.2 Å². The van der Waals surface area contributed by atoms with Crippen LogP contribution in [-0.2, 0) is 0 Å². The summed E-state index contributed by atoms with van der Waals surface area (Å²) in [5, 5.41) is 8.64. The second kappa shape index (κ2) is 3.51. The molecule has 0 aromatic carbocycles. The van der Waals surface area contributed by atoms with E-state index in [-0.39, 0.29) is 17.4 Å². The lowest BCUT2D eigenvalue weighted by molar-refractivity contribution is -0.115. The van der Waals surface area contributed by atoms with Gasteiger partial charge in [-0.3, -0.25) is 5.10 Å². The molecule has 0 unspecified atom stereocenters. The number of nitrogen functional groups attached to an aromatic ring is 1. The topological polar surface area (TPSA) is 92.5 Å². The van der Waals surface area contributed by atoms with E-state index in [0.717, 1.165) is 0 Å². The number of nitrogens with two attached hydrogens (primary N) is 1. The highest BCUT2D eigenvalue weighted by Crippen LogP contribution is 2.21. The highest BCUT2D eigenvalue weighted by Gasteiger charge is 2.27. The molecule has 86 valence electrons. The van der Waals surface area contributed by atoms with Crippen molar-refractivity contribution in [3.8, 4) is 0 Å². The number of rotatable bonds is 2. The second-order valence-corrected chi connectivity index (χ2v) is 3.03. The van der Waals surface area contributed by atoms with Gasteiger partial charge in [-0.2, -0.15) is 28.2 Å². The van der Waals surface area contributed by atoms with Gasteiger partial charge in [0.05, 0.1) is 11.6 Å². The van der Waals surface area contributed by atoms with Gasteiger partial charge in [-0.15, -0.1) is 0 Å². The molecule has 2 rings (SSSR count). The molecule has 0 saturated heterocycles. The van der Waals surface area contributed by atoms with Crippen LogP contribution in [0.25, 0.3) is 11.0 Å². The van der Waals surface area contributed by atoms with E-state index in [9.17, 15) is 13.2 Å². The monoisotopic (exact) mass is 232 g/mol. The molecule has 6 nitrogen and oxygen atoms in total. The van der Waals surface area contributed by atoms with Crippen LogP contribution in [0, 0.1) is 0 Å². The molecule has 0 aliphatic rings. The zero-order chi connectivity index (χ0) is 11.8. The molecule has 2 aromatic heterocycles. The molecule has 0 atom stereocenters. The van der Waals surface area contributed by atoms with Gasteiger partial charge in [-0.1, -0.05) is 0 Å². The Bertz CT molecular complexity index is 504. The van der Waals surface area contributed by atoms with E-state index >= 15 is 0 Å². The fourth-order valence-corrected chi connectivity index (χ4v) is 1.17. The van der Waals surface area contributed by atoms with E-state index in [1.165, 1.54) is 6.20 Å². The molecule has 0 aliphatic heterocycles. The molecule has 0 amide bonds. The van der Waals surface area contributed by atoms with Gasteiger partial charge in [0.25, 0.3) is 0 Å². The quantitative estimate of drug-likeness (QED) is 0.715. The Morgan fingerprint density at radius 1 is 1.38 bits per heavy atom. The highest BCUT2D eigenvalue weighted by atomic mass is 19.4. The minimum absolute atomic E-state index is 0.00794. The predicted molar refractivity (Wildman–Crippen MR) is 50.6 cm³/mol. The minimum atomic E-state index is -4.32. The van der Waals surface area contributed by atoms with Gasteiger partial charge in [-0.05, 0) is 0 Å². The average molecular weight is 232 g/mol. The summed E-state index contributed by atoms with van der Waals surface area (Å²) in [6.07, 6.45) is -3.00. The number of nitrogens with zero attached hydrogens (tertiary/aromatic N) is 3. The van der Waals surface area contributed by atoms with Crippen molar-refractivity contribution >= 4 is 22.8 Å². The maximum atomic E-state index is 12.0. The van der Waals surface area contributed by atoms with E-state index in [2.05, 4.69) is 25.5 Å². The third kappa shape index (κ3) is 2.12. The van der Waals surface area contributed by atoms with Crippen LogP contribution in [0.2, 0.25) is 0 Å². The lowest BCUT2D eigenvalue weighted by Gasteiger charge is -2.09.